The summed E-state index contributed by atoms with van der Waals surface area (Å²) in [6, 6.07) is 13.9. The molecule has 1 aliphatic rings. The Morgan fingerprint density at radius 1 is 1.11 bits per heavy atom. The van der Waals surface area contributed by atoms with Crippen LogP contribution in [0.1, 0.15) is 24.4 Å². The Morgan fingerprint density at radius 3 is 2.54 bits per heavy atom. The van der Waals surface area contributed by atoms with Gasteiger partial charge in [0.2, 0.25) is 0 Å². The highest BCUT2D eigenvalue weighted by Gasteiger charge is 2.26. The van der Waals surface area contributed by atoms with Gasteiger partial charge in [0.1, 0.15) is 12.3 Å². The van der Waals surface area contributed by atoms with Crippen molar-refractivity contribution in [1.82, 2.24) is 19.7 Å². The first-order valence-electron chi connectivity index (χ1n) is 9.31. The molecule has 0 N–H and O–H groups in total. The van der Waals surface area contributed by atoms with E-state index < -0.39 is 0 Å². The van der Waals surface area contributed by atoms with Crippen molar-refractivity contribution >= 4 is 22.0 Å². The lowest BCUT2D eigenvalue weighted by molar-refractivity contribution is 0.0821. The van der Waals surface area contributed by atoms with Gasteiger partial charge in [-0.3, -0.25) is 9.67 Å². The van der Waals surface area contributed by atoms with Gasteiger partial charge in [0.05, 0.1) is 10.5 Å². The van der Waals surface area contributed by atoms with E-state index in [0.29, 0.717) is 19.7 Å². The number of hydrogen-bond acceptors (Lipinski definition) is 4. The lowest BCUT2D eigenvalue weighted by atomic mass is 10.1. The van der Waals surface area contributed by atoms with Crippen LogP contribution in [0.3, 0.4) is 0 Å². The van der Waals surface area contributed by atoms with E-state index in [1.54, 1.807) is 17.3 Å². The molecule has 4 rings (SSSR count). The van der Waals surface area contributed by atoms with Crippen LogP contribution in [0.15, 0.2) is 65.5 Å². The third kappa shape index (κ3) is 4.25. The number of nitrogens with zero attached hydrogens (tertiary/aromatic N) is 4. The Hall–Kier alpha value is -2.67. The lowest BCUT2D eigenvalue weighted by Crippen LogP contribution is -2.39. The van der Waals surface area contributed by atoms with Crippen LogP contribution in [0.25, 0.3) is 11.3 Å². The molecule has 1 fully saturated rings. The SMILES string of the molecule is O=C(OCc1ccccc1)N1CCC(n2cc(Br)c(-c3ccncc3)n2)CC1. The number of benzene rings is 1. The maximum Gasteiger partial charge on any atom is 0.410 e. The number of pyridine rings is 1. The molecule has 3 heterocycles. The van der Waals surface area contributed by atoms with Crippen LogP contribution >= 0.6 is 15.9 Å². The maximum absolute atomic E-state index is 12.3. The summed E-state index contributed by atoms with van der Waals surface area (Å²) in [7, 11) is 0. The van der Waals surface area contributed by atoms with Crippen molar-refractivity contribution in [3.63, 3.8) is 0 Å². The largest absolute Gasteiger partial charge is 0.445 e. The number of carbonyl (C=O) groups is 1. The molecule has 1 saturated heterocycles. The molecule has 28 heavy (non-hydrogen) atoms. The number of likely N-dealkylation sites (tertiary alicyclic amines) is 1. The van der Waals surface area contributed by atoms with Crippen LogP contribution in [0, 0.1) is 0 Å². The third-order valence-corrected chi connectivity index (χ3v) is 5.52. The number of piperidine rings is 1. The zero-order chi connectivity index (χ0) is 19.3. The Morgan fingerprint density at radius 2 is 1.82 bits per heavy atom. The molecule has 0 radical (unpaired) electrons. The first kappa shape index (κ1) is 18.7. The quantitative estimate of drug-likeness (QED) is 0.590. The highest BCUT2D eigenvalue weighted by Crippen LogP contribution is 2.30. The first-order valence-corrected chi connectivity index (χ1v) is 10.1. The van der Waals surface area contributed by atoms with E-state index in [1.165, 1.54) is 0 Å². The summed E-state index contributed by atoms with van der Waals surface area (Å²) < 4.78 is 8.41. The Labute approximate surface area is 172 Å². The molecule has 0 spiro atoms. The van der Waals surface area contributed by atoms with Crippen LogP contribution in [0.5, 0.6) is 0 Å². The van der Waals surface area contributed by atoms with Gasteiger partial charge in [-0.25, -0.2) is 4.79 Å². The minimum atomic E-state index is -0.249. The third-order valence-electron chi connectivity index (χ3n) is 4.94. The molecule has 1 aromatic carbocycles. The van der Waals surface area contributed by atoms with Gasteiger partial charge in [0, 0.05) is 37.2 Å². The van der Waals surface area contributed by atoms with E-state index in [0.717, 1.165) is 34.1 Å². The number of amides is 1. The number of carbonyl (C=O) groups excluding carboxylic acids is 1. The molecule has 0 bridgehead atoms. The molecule has 1 amide bonds. The monoisotopic (exact) mass is 440 g/mol. The molecule has 0 atom stereocenters. The van der Waals surface area contributed by atoms with Gasteiger partial charge in [0.15, 0.2) is 0 Å². The van der Waals surface area contributed by atoms with Crippen LogP contribution < -0.4 is 0 Å². The maximum atomic E-state index is 12.3. The Bertz CT molecular complexity index is 922. The second kappa shape index (κ2) is 8.56. The van der Waals surface area contributed by atoms with Crippen LogP contribution in [-0.2, 0) is 11.3 Å². The Kier molecular flexibility index (Phi) is 5.71. The van der Waals surface area contributed by atoms with Gasteiger partial charge >= 0.3 is 6.09 Å². The van der Waals surface area contributed by atoms with Gasteiger partial charge in [-0.1, -0.05) is 30.3 Å². The van der Waals surface area contributed by atoms with Gasteiger partial charge < -0.3 is 9.64 Å². The highest BCUT2D eigenvalue weighted by atomic mass is 79.9. The second-order valence-electron chi connectivity index (χ2n) is 6.80. The van der Waals surface area contributed by atoms with Gasteiger partial charge in [-0.15, -0.1) is 0 Å². The standard InChI is InChI=1S/C21H21BrN4O2/c22-19-14-26(24-20(19)17-6-10-23-11-7-17)18-8-12-25(13-9-18)21(27)28-15-16-4-2-1-3-5-16/h1-7,10-11,14,18H,8-9,12-13,15H2. The van der Waals surface area contributed by atoms with Gasteiger partial charge in [-0.05, 0) is 46.5 Å². The molecule has 6 nitrogen and oxygen atoms in total. The van der Waals surface area contributed by atoms with E-state index in [9.17, 15) is 4.79 Å². The van der Waals surface area contributed by atoms with E-state index in [2.05, 4.69) is 20.9 Å². The smallest absolute Gasteiger partial charge is 0.410 e. The minimum absolute atomic E-state index is 0.249. The summed E-state index contributed by atoms with van der Waals surface area (Å²) in [5.74, 6) is 0. The number of rotatable bonds is 4. The fourth-order valence-electron chi connectivity index (χ4n) is 3.39. The molecule has 0 aliphatic carbocycles. The topological polar surface area (TPSA) is 60.2 Å². The predicted molar refractivity (Wildman–Crippen MR) is 110 cm³/mol. The number of aromatic nitrogens is 3. The van der Waals surface area contributed by atoms with Crippen molar-refractivity contribution in [3.8, 4) is 11.3 Å². The summed E-state index contributed by atoms with van der Waals surface area (Å²) >= 11 is 3.61. The van der Waals surface area contributed by atoms with Crippen molar-refractivity contribution in [1.29, 1.82) is 0 Å². The Balaban J connectivity index is 1.33. The summed E-state index contributed by atoms with van der Waals surface area (Å²) in [4.78, 5) is 18.2. The molecule has 7 heteroatoms. The molecule has 0 unspecified atom stereocenters. The van der Waals surface area contributed by atoms with E-state index in [-0.39, 0.29) is 12.1 Å². The number of hydrogen-bond donors (Lipinski definition) is 0. The van der Waals surface area contributed by atoms with Crippen molar-refractivity contribution in [2.24, 2.45) is 0 Å². The lowest BCUT2D eigenvalue weighted by Gasteiger charge is -2.31. The molecule has 0 saturated carbocycles. The number of halogens is 1. The van der Waals surface area contributed by atoms with Crippen LogP contribution in [-0.4, -0.2) is 38.8 Å². The zero-order valence-corrected chi connectivity index (χ0v) is 17.0. The second-order valence-corrected chi connectivity index (χ2v) is 7.65. The average molecular weight is 441 g/mol. The fourth-order valence-corrected chi connectivity index (χ4v) is 3.90. The van der Waals surface area contributed by atoms with E-state index in [1.807, 2.05) is 53.3 Å². The predicted octanol–water partition coefficient (Wildman–Crippen LogP) is 4.68. The number of ether oxygens (including phenoxy) is 1. The summed E-state index contributed by atoms with van der Waals surface area (Å²) in [5, 5.41) is 4.76. The van der Waals surface area contributed by atoms with Gasteiger partial charge in [-0.2, -0.15) is 5.10 Å². The summed E-state index contributed by atoms with van der Waals surface area (Å²) in [6.07, 6.45) is 7.00. The van der Waals surface area contributed by atoms with Crippen molar-refractivity contribution < 1.29 is 9.53 Å². The molecule has 2 aromatic heterocycles. The fraction of sp³-hybridized carbons (Fsp3) is 0.286. The molecule has 3 aromatic rings. The molecule has 1 aliphatic heterocycles. The molecular formula is C21H21BrN4O2. The summed E-state index contributed by atoms with van der Waals surface area (Å²) in [5.41, 5.74) is 2.94. The van der Waals surface area contributed by atoms with Crippen molar-refractivity contribution in [2.75, 3.05) is 13.1 Å². The first-order chi connectivity index (χ1) is 13.7. The van der Waals surface area contributed by atoms with Crippen molar-refractivity contribution in [2.45, 2.75) is 25.5 Å². The van der Waals surface area contributed by atoms with E-state index in [4.69, 9.17) is 9.84 Å². The molecular weight excluding hydrogens is 420 g/mol. The van der Waals surface area contributed by atoms with E-state index >= 15 is 0 Å². The zero-order valence-electron chi connectivity index (χ0n) is 15.4. The van der Waals surface area contributed by atoms with Gasteiger partial charge in [0.25, 0.3) is 0 Å². The normalized spacial score (nSPS) is 14.8. The van der Waals surface area contributed by atoms with Crippen LogP contribution in [0.4, 0.5) is 4.79 Å². The molecule has 144 valence electrons. The highest BCUT2D eigenvalue weighted by molar-refractivity contribution is 9.10. The summed E-state index contributed by atoms with van der Waals surface area (Å²) in [6.45, 7) is 1.64. The minimum Gasteiger partial charge on any atom is -0.445 e. The average Bonchev–Trinajstić information content (AvgIpc) is 3.15. The van der Waals surface area contributed by atoms with Crippen molar-refractivity contribution in [3.05, 3.63) is 71.1 Å². The van der Waals surface area contributed by atoms with Crippen LogP contribution in [0.2, 0.25) is 0 Å².